The van der Waals surface area contributed by atoms with Gasteiger partial charge in [0, 0.05) is 45.1 Å². The maximum Gasteiger partial charge on any atom is 0.320 e. The number of urea groups is 1. The molecule has 2 fully saturated rings. The molecule has 0 unspecified atom stereocenters. The monoisotopic (exact) mass is 381 g/mol. The van der Waals surface area contributed by atoms with E-state index in [9.17, 15) is 9.59 Å². The van der Waals surface area contributed by atoms with Gasteiger partial charge >= 0.3 is 6.03 Å². The van der Waals surface area contributed by atoms with Crippen molar-refractivity contribution in [3.63, 3.8) is 0 Å². The molecule has 0 radical (unpaired) electrons. The molecule has 4 rings (SSSR count). The lowest BCUT2D eigenvalue weighted by molar-refractivity contribution is -0.126. The summed E-state index contributed by atoms with van der Waals surface area (Å²) in [5.74, 6) is -0.0845. The molecule has 2 aliphatic heterocycles. The van der Waals surface area contributed by atoms with E-state index in [1.807, 2.05) is 46.3 Å². The number of aromatic nitrogens is 2. The molecular weight excluding hydrogens is 354 g/mol. The Kier molecular flexibility index (Phi) is 5.60. The summed E-state index contributed by atoms with van der Waals surface area (Å²) < 4.78 is 1.80. The van der Waals surface area contributed by atoms with Crippen LogP contribution < -0.4 is 5.32 Å². The first kappa shape index (κ1) is 18.5. The van der Waals surface area contributed by atoms with Crippen molar-refractivity contribution in [1.29, 1.82) is 0 Å². The first-order chi connectivity index (χ1) is 13.7. The molecule has 7 nitrogen and oxygen atoms in total. The zero-order valence-corrected chi connectivity index (χ0v) is 16.1. The van der Waals surface area contributed by atoms with Crippen molar-refractivity contribution in [3.05, 3.63) is 48.3 Å². The topological polar surface area (TPSA) is 70.5 Å². The highest BCUT2D eigenvalue weighted by atomic mass is 16.2. The molecule has 2 aromatic rings. The molecule has 2 aliphatic rings. The SMILES string of the molecule is O=C(NCc1ccc(-n2cccn2)cc1)[C@@H]1CCCN(C(=O)N2CCCC2)C1. The van der Waals surface area contributed by atoms with Gasteiger partial charge in [0.25, 0.3) is 0 Å². The molecule has 7 heteroatoms. The van der Waals surface area contributed by atoms with Crippen molar-refractivity contribution in [1.82, 2.24) is 24.9 Å². The molecule has 3 amide bonds. The van der Waals surface area contributed by atoms with Crippen molar-refractivity contribution >= 4 is 11.9 Å². The summed E-state index contributed by atoms with van der Waals surface area (Å²) in [6, 6.07) is 9.97. The third kappa shape index (κ3) is 4.18. The zero-order valence-electron chi connectivity index (χ0n) is 16.1. The second-order valence-corrected chi connectivity index (χ2v) is 7.60. The van der Waals surface area contributed by atoms with Crippen LogP contribution in [0, 0.1) is 5.92 Å². The van der Waals surface area contributed by atoms with Gasteiger partial charge in [0.05, 0.1) is 11.6 Å². The molecular formula is C21H27N5O2. The molecule has 1 N–H and O–H groups in total. The number of rotatable bonds is 4. The standard InChI is InChI=1S/C21H27N5O2/c27-20(18-5-3-13-25(16-18)21(28)24-11-1-2-12-24)22-15-17-6-8-19(9-7-17)26-14-4-10-23-26/h4,6-10,14,18H,1-3,5,11-13,15-16H2,(H,22,27)/t18-/m1/s1. The number of hydrogen-bond donors (Lipinski definition) is 1. The second-order valence-electron chi connectivity index (χ2n) is 7.60. The largest absolute Gasteiger partial charge is 0.352 e. The Morgan fingerprint density at radius 3 is 2.50 bits per heavy atom. The highest BCUT2D eigenvalue weighted by molar-refractivity contribution is 5.81. The molecule has 1 aromatic carbocycles. The molecule has 3 heterocycles. The van der Waals surface area contributed by atoms with Crippen LogP contribution in [-0.4, -0.2) is 57.7 Å². The third-order valence-corrected chi connectivity index (χ3v) is 5.61. The molecule has 148 valence electrons. The Balaban J connectivity index is 1.29. The molecule has 28 heavy (non-hydrogen) atoms. The van der Waals surface area contributed by atoms with E-state index in [-0.39, 0.29) is 17.9 Å². The van der Waals surface area contributed by atoms with E-state index in [0.717, 1.165) is 56.6 Å². The van der Waals surface area contributed by atoms with Crippen LogP contribution in [0.2, 0.25) is 0 Å². The fourth-order valence-electron chi connectivity index (χ4n) is 3.99. The minimum Gasteiger partial charge on any atom is -0.352 e. The van der Waals surface area contributed by atoms with E-state index < -0.39 is 0 Å². The van der Waals surface area contributed by atoms with Crippen LogP contribution in [0.4, 0.5) is 4.79 Å². The van der Waals surface area contributed by atoms with Gasteiger partial charge in [-0.1, -0.05) is 12.1 Å². The normalized spacial score (nSPS) is 19.6. The Labute approximate surface area is 165 Å². The van der Waals surface area contributed by atoms with E-state index >= 15 is 0 Å². The molecule has 0 aliphatic carbocycles. The number of carbonyl (C=O) groups is 2. The lowest BCUT2D eigenvalue weighted by Gasteiger charge is -2.34. The van der Waals surface area contributed by atoms with Crippen molar-refractivity contribution < 1.29 is 9.59 Å². The van der Waals surface area contributed by atoms with E-state index in [1.54, 1.807) is 10.9 Å². The summed E-state index contributed by atoms with van der Waals surface area (Å²) in [6.45, 7) is 3.48. The summed E-state index contributed by atoms with van der Waals surface area (Å²) in [5, 5.41) is 7.25. The number of likely N-dealkylation sites (tertiary alicyclic amines) is 2. The highest BCUT2D eigenvalue weighted by Crippen LogP contribution is 2.20. The molecule has 0 spiro atoms. The van der Waals surface area contributed by atoms with E-state index in [2.05, 4.69) is 10.4 Å². The Bertz CT molecular complexity index is 797. The van der Waals surface area contributed by atoms with Gasteiger partial charge in [-0.15, -0.1) is 0 Å². The van der Waals surface area contributed by atoms with Gasteiger partial charge in [-0.2, -0.15) is 5.10 Å². The predicted octanol–water partition coefficient (Wildman–Crippen LogP) is 2.42. The van der Waals surface area contributed by atoms with E-state index in [4.69, 9.17) is 0 Å². The summed E-state index contributed by atoms with van der Waals surface area (Å²) in [4.78, 5) is 29.0. The van der Waals surface area contributed by atoms with Gasteiger partial charge in [-0.25, -0.2) is 9.48 Å². The number of benzene rings is 1. The smallest absolute Gasteiger partial charge is 0.320 e. The molecule has 0 bridgehead atoms. The van der Waals surface area contributed by atoms with E-state index in [0.29, 0.717) is 13.1 Å². The Hall–Kier alpha value is -2.83. The number of nitrogens with zero attached hydrogens (tertiary/aromatic N) is 4. The number of nitrogens with one attached hydrogen (secondary N) is 1. The Morgan fingerprint density at radius 1 is 1.04 bits per heavy atom. The van der Waals surface area contributed by atoms with Crippen LogP contribution >= 0.6 is 0 Å². The van der Waals surface area contributed by atoms with E-state index in [1.165, 1.54) is 0 Å². The first-order valence-corrected chi connectivity index (χ1v) is 10.1. The fraction of sp³-hybridized carbons (Fsp3) is 0.476. The summed E-state index contributed by atoms with van der Waals surface area (Å²) >= 11 is 0. The van der Waals surface area contributed by atoms with Crippen LogP contribution in [0.1, 0.15) is 31.2 Å². The highest BCUT2D eigenvalue weighted by Gasteiger charge is 2.31. The number of hydrogen-bond acceptors (Lipinski definition) is 3. The predicted molar refractivity (Wildman–Crippen MR) is 106 cm³/mol. The van der Waals surface area contributed by atoms with Gasteiger partial charge in [0.2, 0.25) is 5.91 Å². The zero-order chi connectivity index (χ0) is 19.3. The van der Waals surface area contributed by atoms with Gasteiger partial charge in [0.15, 0.2) is 0 Å². The maximum atomic E-state index is 12.6. The van der Waals surface area contributed by atoms with Crippen molar-refractivity contribution in [3.8, 4) is 5.69 Å². The molecule has 1 atom stereocenters. The quantitative estimate of drug-likeness (QED) is 0.884. The van der Waals surface area contributed by atoms with Crippen LogP contribution in [0.5, 0.6) is 0 Å². The number of piperidine rings is 1. The second kappa shape index (κ2) is 8.46. The minimum absolute atomic E-state index is 0.0371. The summed E-state index contributed by atoms with van der Waals surface area (Å²) in [5.41, 5.74) is 2.04. The van der Waals surface area contributed by atoms with Gasteiger partial charge in [0.1, 0.15) is 0 Å². The summed E-state index contributed by atoms with van der Waals surface area (Å²) in [7, 11) is 0. The third-order valence-electron chi connectivity index (χ3n) is 5.61. The van der Waals surface area contributed by atoms with Gasteiger partial charge in [-0.3, -0.25) is 4.79 Å². The average Bonchev–Trinajstić information content (AvgIpc) is 3.46. The fourth-order valence-corrected chi connectivity index (χ4v) is 3.99. The van der Waals surface area contributed by atoms with Gasteiger partial charge < -0.3 is 15.1 Å². The molecule has 0 saturated carbocycles. The van der Waals surface area contributed by atoms with Crippen LogP contribution in [0.25, 0.3) is 5.69 Å². The molecule has 1 aromatic heterocycles. The molecule has 2 saturated heterocycles. The maximum absolute atomic E-state index is 12.6. The average molecular weight is 381 g/mol. The Morgan fingerprint density at radius 2 is 1.79 bits per heavy atom. The number of amides is 3. The van der Waals surface area contributed by atoms with Crippen molar-refractivity contribution in [2.45, 2.75) is 32.2 Å². The minimum atomic E-state index is -0.122. The number of carbonyl (C=O) groups excluding carboxylic acids is 2. The van der Waals surface area contributed by atoms with Gasteiger partial charge in [-0.05, 0) is 49.4 Å². The summed E-state index contributed by atoms with van der Waals surface area (Å²) in [6.07, 6.45) is 7.54. The van der Waals surface area contributed by atoms with Crippen LogP contribution in [0.15, 0.2) is 42.7 Å². The van der Waals surface area contributed by atoms with Crippen molar-refractivity contribution in [2.75, 3.05) is 26.2 Å². The van der Waals surface area contributed by atoms with Crippen LogP contribution in [0.3, 0.4) is 0 Å². The first-order valence-electron chi connectivity index (χ1n) is 10.1. The lowest BCUT2D eigenvalue weighted by atomic mass is 9.97. The van der Waals surface area contributed by atoms with Crippen molar-refractivity contribution in [2.24, 2.45) is 5.92 Å². The van der Waals surface area contributed by atoms with Crippen LogP contribution in [-0.2, 0) is 11.3 Å². The lowest BCUT2D eigenvalue weighted by Crippen LogP contribution is -2.49.